The Morgan fingerprint density at radius 3 is 2.50 bits per heavy atom. The molecular formula is C14H16N2O6. The normalized spacial score (nSPS) is 19.2. The fourth-order valence-corrected chi connectivity index (χ4v) is 2.47. The number of amides is 2. The molecule has 118 valence electrons. The van der Waals surface area contributed by atoms with E-state index < -0.39 is 29.7 Å². The molecule has 0 saturated carbocycles. The molecule has 1 fully saturated rings. The molecule has 0 aromatic heterocycles. The van der Waals surface area contributed by atoms with Crippen LogP contribution in [0, 0.1) is 5.92 Å². The molecule has 22 heavy (non-hydrogen) atoms. The number of aromatic hydroxyl groups is 2. The predicted molar refractivity (Wildman–Crippen MR) is 73.9 cm³/mol. The van der Waals surface area contributed by atoms with Gasteiger partial charge in [-0.15, -0.1) is 0 Å². The fourth-order valence-electron chi connectivity index (χ4n) is 2.47. The first-order chi connectivity index (χ1) is 10.3. The zero-order valence-electron chi connectivity index (χ0n) is 11.6. The van der Waals surface area contributed by atoms with Crippen molar-refractivity contribution >= 4 is 17.8 Å². The van der Waals surface area contributed by atoms with Crippen molar-refractivity contribution < 1.29 is 29.7 Å². The van der Waals surface area contributed by atoms with Crippen LogP contribution in [0.25, 0.3) is 0 Å². The van der Waals surface area contributed by atoms with Crippen molar-refractivity contribution in [2.24, 2.45) is 11.7 Å². The maximum atomic E-state index is 11.9. The number of hydrogen-bond acceptors (Lipinski definition) is 5. The number of phenolic OH excluding ortho intramolecular Hbond substituents is 2. The third-order valence-electron chi connectivity index (χ3n) is 3.69. The number of primary amides is 1. The van der Waals surface area contributed by atoms with Gasteiger partial charge in [-0.1, -0.05) is 6.07 Å². The van der Waals surface area contributed by atoms with Crippen molar-refractivity contribution in [2.45, 2.75) is 18.9 Å². The number of rotatable bonds is 5. The maximum Gasteiger partial charge on any atom is 0.326 e. The number of carboxylic acids is 1. The van der Waals surface area contributed by atoms with E-state index in [0.29, 0.717) is 5.56 Å². The largest absolute Gasteiger partial charge is 0.504 e. The first kappa shape index (κ1) is 15.6. The minimum absolute atomic E-state index is 0.0325. The summed E-state index contributed by atoms with van der Waals surface area (Å²) in [5.74, 6) is -3.68. The van der Waals surface area contributed by atoms with Crippen LogP contribution >= 0.6 is 0 Å². The van der Waals surface area contributed by atoms with E-state index in [9.17, 15) is 29.7 Å². The van der Waals surface area contributed by atoms with E-state index in [-0.39, 0.29) is 30.9 Å². The summed E-state index contributed by atoms with van der Waals surface area (Å²) in [5.41, 5.74) is 5.60. The van der Waals surface area contributed by atoms with Crippen LogP contribution in [-0.2, 0) is 20.8 Å². The molecule has 8 nitrogen and oxygen atoms in total. The summed E-state index contributed by atoms with van der Waals surface area (Å²) in [6, 6.07) is 2.76. The number of carbonyl (C=O) groups excluding carboxylic acids is 2. The second kappa shape index (κ2) is 5.92. The lowest BCUT2D eigenvalue weighted by atomic mass is 10.0. The van der Waals surface area contributed by atoms with E-state index >= 15 is 0 Å². The fraction of sp³-hybridized carbons (Fsp3) is 0.357. The van der Waals surface area contributed by atoms with Crippen molar-refractivity contribution in [3.63, 3.8) is 0 Å². The van der Waals surface area contributed by atoms with Crippen LogP contribution in [0.4, 0.5) is 0 Å². The van der Waals surface area contributed by atoms with Crippen LogP contribution in [0.5, 0.6) is 11.5 Å². The van der Waals surface area contributed by atoms with Gasteiger partial charge < -0.3 is 26.0 Å². The average Bonchev–Trinajstić information content (AvgIpc) is 2.82. The molecule has 2 rings (SSSR count). The summed E-state index contributed by atoms with van der Waals surface area (Å²) in [6.07, 6.45) is -0.152. The molecule has 2 amide bonds. The summed E-state index contributed by atoms with van der Waals surface area (Å²) >= 11 is 0. The molecule has 2 atom stereocenters. The van der Waals surface area contributed by atoms with Gasteiger partial charge in [-0.2, -0.15) is 0 Å². The number of hydrogen-bond donors (Lipinski definition) is 4. The maximum absolute atomic E-state index is 11.9. The van der Waals surface area contributed by atoms with Gasteiger partial charge in [0.1, 0.15) is 6.04 Å². The zero-order chi connectivity index (χ0) is 16.4. The Morgan fingerprint density at radius 1 is 1.32 bits per heavy atom. The standard InChI is InChI=1S/C14H16N2O6/c15-13(20)8-5-12(19)16(6-8)9(14(21)22)3-7-1-2-10(17)11(18)4-7/h1-2,4,8-9,17-18H,3,5-6H2,(H2,15,20)(H,21,22)/t8?,9-/m0/s1. The minimum atomic E-state index is -1.22. The molecule has 1 heterocycles. The molecule has 1 aromatic carbocycles. The van der Waals surface area contributed by atoms with E-state index in [1.807, 2.05) is 0 Å². The van der Waals surface area contributed by atoms with Crippen LogP contribution in [0.3, 0.4) is 0 Å². The van der Waals surface area contributed by atoms with Gasteiger partial charge in [0.05, 0.1) is 5.92 Å². The summed E-state index contributed by atoms with van der Waals surface area (Å²) in [7, 11) is 0. The number of phenols is 2. The van der Waals surface area contributed by atoms with E-state index in [0.717, 1.165) is 4.90 Å². The van der Waals surface area contributed by atoms with Gasteiger partial charge >= 0.3 is 5.97 Å². The van der Waals surface area contributed by atoms with Gasteiger partial charge in [0, 0.05) is 19.4 Å². The van der Waals surface area contributed by atoms with Crippen LogP contribution in [0.2, 0.25) is 0 Å². The molecule has 0 radical (unpaired) electrons. The van der Waals surface area contributed by atoms with Crippen LogP contribution in [0.15, 0.2) is 18.2 Å². The van der Waals surface area contributed by atoms with E-state index in [1.165, 1.54) is 18.2 Å². The monoisotopic (exact) mass is 308 g/mol. The number of aliphatic carboxylic acids is 1. The van der Waals surface area contributed by atoms with Crippen LogP contribution in [0.1, 0.15) is 12.0 Å². The number of carboxylic acid groups (broad SMARTS) is 1. The van der Waals surface area contributed by atoms with Gasteiger partial charge in [0.15, 0.2) is 11.5 Å². The van der Waals surface area contributed by atoms with Crippen molar-refractivity contribution in [3.05, 3.63) is 23.8 Å². The Hall–Kier alpha value is -2.77. The molecular weight excluding hydrogens is 292 g/mol. The number of benzene rings is 1. The van der Waals surface area contributed by atoms with E-state index in [1.54, 1.807) is 0 Å². The van der Waals surface area contributed by atoms with Crippen molar-refractivity contribution in [1.29, 1.82) is 0 Å². The van der Waals surface area contributed by atoms with Crippen molar-refractivity contribution in [3.8, 4) is 11.5 Å². The highest BCUT2D eigenvalue weighted by atomic mass is 16.4. The molecule has 1 aliphatic rings. The lowest BCUT2D eigenvalue weighted by Gasteiger charge is -2.24. The molecule has 1 unspecified atom stereocenters. The van der Waals surface area contributed by atoms with Gasteiger partial charge in [0.2, 0.25) is 11.8 Å². The lowest BCUT2D eigenvalue weighted by Crippen LogP contribution is -2.44. The summed E-state index contributed by atoms with van der Waals surface area (Å²) < 4.78 is 0. The van der Waals surface area contributed by atoms with Gasteiger partial charge in [-0.05, 0) is 17.7 Å². The Labute approximate surface area is 125 Å². The van der Waals surface area contributed by atoms with E-state index in [4.69, 9.17) is 5.73 Å². The highest BCUT2D eigenvalue weighted by molar-refractivity contribution is 5.91. The number of nitrogens with two attached hydrogens (primary N) is 1. The summed E-state index contributed by atoms with van der Waals surface area (Å²) in [5, 5.41) is 28.0. The first-order valence-corrected chi connectivity index (χ1v) is 6.62. The smallest absolute Gasteiger partial charge is 0.326 e. The molecule has 0 bridgehead atoms. The Balaban J connectivity index is 2.20. The van der Waals surface area contributed by atoms with E-state index in [2.05, 4.69) is 0 Å². The lowest BCUT2D eigenvalue weighted by molar-refractivity contribution is -0.148. The Morgan fingerprint density at radius 2 is 2.00 bits per heavy atom. The third kappa shape index (κ3) is 3.11. The predicted octanol–water partition coefficient (Wildman–Crippen LogP) is -0.573. The minimum Gasteiger partial charge on any atom is -0.504 e. The number of likely N-dealkylation sites (tertiary alicyclic amines) is 1. The topological polar surface area (TPSA) is 141 Å². The van der Waals surface area contributed by atoms with Gasteiger partial charge in [-0.25, -0.2) is 4.79 Å². The van der Waals surface area contributed by atoms with Crippen molar-refractivity contribution in [1.82, 2.24) is 4.90 Å². The number of carbonyl (C=O) groups is 3. The Bertz CT molecular complexity index is 630. The van der Waals surface area contributed by atoms with Crippen LogP contribution < -0.4 is 5.73 Å². The van der Waals surface area contributed by atoms with Crippen LogP contribution in [-0.4, -0.2) is 50.6 Å². The van der Waals surface area contributed by atoms with Crippen molar-refractivity contribution in [2.75, 3.05) is 6.54 Å². The molecule has 5 N–H and O–H groups in total. The SMILES string of the molecule is NC(=O)C1CC(=O)N([C@@H](Cc2ccc(O)c(O)c2)C(=O)O)C1. The molecule has 1 aliphatic heterocycles. The Kier molecular flexibility index (Phi) is 4.20. The highest BCUT2D eigenvalue weighted by Crippen LogP contribution is 2.27. The molecule has 1 saturated heterocycles. The average molecular weight is 308 g/mol. The van der Waals surface area contributed by atoms with Gasteiger partial charge in [0.25, 0.3) is 0 Å². The highest BCUT2D eigenvalue weighted by Gasteiger charge is 2.39. The summed E-state index contributed by atoms with van der Waals surface area (Å²) in [4.78, 5) is 35.6. The third-order valence-corrected chi connectivity index (χ3v) is 3.69. The quantitative estimate of drug-likeness (QED) is 0.537. The first-order valence-electron chi connectivity index (χ1n) is 6.62. The zero-order valence-corrected chi connectivity index (χ0v) is 11.6. The number of nitrogens with zero attached hydrogens (tertiary/aromatic N) is 1. The summed E-state index contributed by atoms with van der Waals surface area (Å²) in [6.45, 7) is -0.0325. The second-order valence-corrected chi connectivity index (χ2v) is 5.23. The molecule has 0 spiro atoms. The second-order valence-electron chi connectivity index (χ2n) is 5.23. The molecule has 0 aliphatic carbocycles. The van der Waals surface area contributed by atoms with Gasteiger partial charge in [-0.3, -0.25) is 9.59 Å². The molecule has 1 aromatic rings. The molecule has 8 heteroatoms.